The van der Waals surface area contributed by atoms with E-state index in [1.165, 1.54) is 6.92 Å². The molecule has 1 aromatic rings. The molecule has 1 rings (SSSR count). The predicted octanol–water partition coefficient (Wildman–Crippen LogP) is 1.52. The zero-order chi connectivity index (χ0) is 9.30. The molecular weight excluding hydrogens is 169 g/mol. The second kappa shape index (κ2) is 3.10. The third-order valence-electron chi connectivity index (χ3n) is 1.42. The maximum atomic E-state index is 12.8. The highest BCUT2D eigenvalue weighted by atomic mass is 19.2. The van der Waals surface area contributed by atoms with Gasteiger partial charge in [0.1, 0.15) is 5.82 Å². The molecule has 0 aliphatic heterocycles. The molecule has 1 unspecified atom stereocenters. The molecule has 2 nitrogen and oxygen atoms in total. The van der Waals surface area contributed by atoms with E-state index in [9.17, 15) is 13.2 Å². The summed E-state index contributed by atoms with van der Waals surface area (Å²) in [5.41, 5.74) is 4.74. The molecule has 0 fully saturated rings. The Morgan fingerprint density at radius 2 is 2.00 bits per heavy atom. The van der Waals surface area contributed by atoms with Gasteiger partial charge in [0, 0.05) is 11.6 Å². The Kier molecular flexibility index (Phi) is 2.32. The molecule has 1 heterocycles. The lowest BCUT2D eigenvalue weighted by molar-refractivity contribution is 0.443. The zero-order valence-corrected chi connectivity index (χ0v) is 6.31. The molecule has 0 aliphatic rings. The maximum absolute atomic E-state index is 12.8. The fourth-order valence-electron chi connectivity index (χ4n) is 0.873. The molecule has 0 saturated carbocycles. The van der Waals surface area contributed by atoms with Gasteiger partial charge < -0.3 is 5.73 Å². The summed E-state index contributed by atoms with van der Waals surface area (Å²) in [6, 6.07) is -0.887. The van der Waals surface area contributed by atoms with E-state index in [0.29, 0.717) is 6.20 Å². The SMILES string of the molecule is CC(N)c1c(F)cnc(F)c1F. The summed E-state index contributed by atoms with van der Waals surface area (Å²) < 4.78 is 37.9. The molecule has 0 aromatic carbocycles. The molecule has 0 aliphatic carbocycles. The number of nitrogens with two attached hydrogens (primary N) is 1. The van der Waals surface area contributed by atoms with Gasteiger partial charge in [-0.1, -0.05) is 0 Å². The Balaban J connectivity index is 3.33. The van der Waals surface area contributed by atoms with Crippen LogP contribution in [0.25, 0.3) is 0 Å². The first-order valence-corrected chi connectivity index (χ1v) is 3.29. The minimum Gasteiger partial charge on any atom is -0.324 e. The van der Waals surface area contributed by atoms with Crippen molar-refractivity contribution in [2.24, 2.45) is 5.73 Å². The summed E-state index contributed by atoms with van der Waals surface area (Å²) >= 11 is 0. The van der Waals surface area contributed by atoms with Crippen LogP contribution in [0, 0.1) is 17.6 Å². The van der Waals surface area contributed by atoms with Crippen LogP contribution in [0.2, 0.25) is 0 Å². The number of halogens is 3. The van der Waals surface area contributed by atoms with E-state index < -0.39 is 29.2 Å². The Bertz CT molecular complexity index is 299. The molecule has 0 bridgehead atoms. The Morgan fingerprint density at radius 3 is 2.42 bits per heavy atom. The van der Waals surface area contributed by atoms with E-state index in [4.69, 9.17) is 5.73 Å². The first kappa shape index (κ1) is 8.99. The van der Waals surface area contributed by atoms with Crippen molar-refractivity contribution >= 4 is 0 Å². The number of nitrogens with zero attached hydrogens (tertiary/aromatic N) is 1. The first-order chi connectivity index (χ1) is 5.54. The van der Waals surface area contributed by atoms with Crippen LogP contribution in [-0.2, 0) is 0 Å². The number of pyridine rings is 1. The van der Waals surface area contributed by atoms with E-state index >= 15 is 0 Å². The van der Waals surface area contributed by atoms with Gasteiger partial charge in [0.05, 0.1) is 6.20 Å². The van der Waals surface area contributed by atoms with Gasteiger partial charge >= 0.3 is 0 Å². The van der Waals surface area contributed by atoms with Gasteiger partial charge in [-0.15, -0.1) is 0 Å². The maximum Gasteiger partial charge on any atom is 0.249 e. The molecule has 0 amide bonds. The molecule has 0 radical (unpaired) electrons. The van der Waals surface area contributed by atoms with Gasteiger partial charge in [-0.2, -0.15) is 4.39 Å². The molecule has 2 N–H and O–H groups in total. The smallest absolute Gasteiger partial charge is 0.249 e. The van der Waals surface area contributed by atoms with Crippen molar-refractivity contribution in [1.82, 2.24) is 4.98 Å². The van der Waals surface area contributed by atoms with Crippen LogP contribution < -0.4 is 5.73 Å². The highest BCUT2D eigenvalue weighted by Crippen LogP contribution is 2.18. The van der Waals surface area contributed by atoms with Crippen LogP contribution in [0.5, 0.6) is 0 Å². The zero-order valence-electron chi connectivity index (χ0n) is 6.31. The number of hydrogen-bond acceptors (Lipinski definition) is 2. The number of hydrogen-bond donors (Lipinski definition) is 1. The molecule has 5 heteroatoms. The number of aromatic nitrogens is 1. The fourth-order valence-corrected chi connectivity index (χ4v) is 0.873. The average molecular weight is 176 g/mol. The third kappa shape index (κ3) is 1.40. The van der Waals surface area contributed by atoms with Crippen LogP contribution in [0.3, 0.4) is 0 Å². The van der Waals surface area contributed by atoms with Crippen molar-refractivity contribution in [2.45, 2.75) is 13.0 Å². The highest BCUT2D eigenvalue weighted by molar-refractivity contribution is 5.19. The highest BCUT2D eigenvalue weighted by Gasteiger charge is 2.17. The van der Waals surface area contributed by atoms with Crippen molar-refractivity contribution < 1.29 is 13.2 Å². The second-order valence-electron chi connectivity index (χ2n) is 2.41. The normalized spacial score (nSPS) is 13.1. The quantitative estimate of drug-likeness (QED) is 0.659. The van der Waals surface area contributed by atoms with Crippen LogP contribution in [-0.4, -0.2) is 4.98 Å². The van der Waals surface area contributed by atoms with Gasteiger partial charge in [-0.25, -0.2) is 13.8 Å². The van der Waals surface area contributed by atoms with E-state index in [0.717, 1.165) is 0 Å². The molecular formula is C7H7F3N2. The summed E-state index contributed by atoms with van der Waals surface area (Å²) in [5.74, 6) is -3.57. The van der Waals surface area contributed by atoms with Crippen molar-refractivity contribution in [3.8, 4) is 0 Å². The predicted molar refractivity (Wildman–Crippen MR) is 36.7 cm³/mol. The minimum absolute atomic E-state index is 0.470. The molecule has 66 valence electrons. The molecule has 1 atom stereocenters. The summed E-state index contributed by atoms with van der Waals surface area (Å²) in [7, 11) is 0. The standard InChI is InChI=1S/C7H7F3N2/c1-3(11)5-4(8)2-12-7(10)6(5)9/h2-3H,11H2,1H3. The van der Waals surface area contributed by atoms with Gasteiger partial charge in [-0.3, -0.25) is 0 Å². The summed E-state index contributed by atoms with van der Waals surface area (Å²) in [6.45, 7) is 1.36. The lowest BCUT2D eigenvalue weighted by Gasteiger charge is -2.07. The topological polar surface area (TPSA) is 38.9 Å². The lowest BCUT2D eigenvalue weighted by atomic mass is 10.1. The Morgan fingerprint density at radius 1 is 1.42 bits per heavy atom. The monoisotopic (exact) mass is 176 g/mol. The number of rotatable bonds is 1. The van der Waals surface area contributed by atoms with Crippen LogP contribution in [0.4, 0.5) is 13.2 Å². The van der Waals surface area contributed by atoms with E-state index in [1.54, 1.807) is 0 Å². The van der Waals surface area contributed by atoms with Crippen LogP contribution >= 0.6 is 0 Å². The minimum atomic E-state index is -1.33. The molecule has 1 aromatic heterocycles. The van der Waals surface area contributed by atoms with Crippen molar-refractivity contribution in [1.29, 1.82) is 0 Å². The third-order valence-corrected chi connectivity index (χ3v) is 1.42. The lowest BCUT2D eigenvalue weighted by Crippen LogP contribution is -2.12. The van der Waals surface area contributed by atoms with E-state index in [1.807, 2.05) is 0 Å². The van der Waals surface area contributed by atoms with Gasteiger partial charge in [0.25, 0.3) is 0 Å². The van der Waals surface area contributed by atoms with Crippen molar-refractivity contribution in [3.05, 3.63) is 29.3 Å². The fraction of sp³-hybridized carbons (Fsp3) is 0.286. The Labute approximate surface area is 67.2 Å². The van der Waals surface area contributed by atoms with Gasteiger partial charge in [0.2, 0.25) is 5.95 Å². The molecule has 12 heavy (non-hydrogen) atoms. The average Bonchev–Trinajstić information content (AvgIpc) is 1.97. The van der Waals surface area contributed by atoms with Crippen molar-refractivity contribution in [3.63, 3.8) is 0 Å². The Hall–Kier alpha value is -1.10. The van der Waals surface area contributed by atoms with Crippen LogP contribution in [0.1, 0.15) is 18.5 Å². The van der Waals surface area contributed by atoms with E-state index in [-0.39, 0.29) is 0 Å². The summed E-state index contributed by atoms with van der Waals surface area (Å²) in [4.78, 5) is 2.85. The molecule has 0 saturated heterocycles. The summed E-state index contributed by atoms with van der Waals surface area (Å²) in [5, 5.41) is 0. The van der Waals surface area contributed by atoms with Gasteiger partial charge in [-0.05, 0) is 6.92 Å². The second-order valence-corrected chi connectivity index (χ2v) is 2.41. The van der Waals surface area contributed by atoms with E-state index in [2.05, 4.69) is 4.98 Å². The summed E-state index contributed by atoms with van der Waals surface area (Å²) in [6.07, 6.45) is 0.608. The largest absolute Gasteiger partial charge is 0.324 e. The van der Waals surface area contributed by atoms with Gasteiger partial charge in [0.15, 0.2) is 5.82 Å². The first-order valence-electron chi connectivity index (χ1n) is 3.29. The van der Waals surface area contributed by atoms with Crippen LogP contribution in [0.15, 0.2) is 6.20 Å². The molecule has 0 spiro atoms. The van der Waals surface area contributed by atoms with Crippen molar-refractivity contribution in [2.75, 3.05) is 0 Å².